The lowest BCUT2D eigenvalue weighted by atomic mass is 9.99. The number of ketones is 1. The standard InChI is InChI=1S/C26H20N2O3/c1-17(29)18-11-13-20(14-12-18)27-16-24-22-10-6-5-7-19(22)15-23(25(24)30)26(31)28-21-8-3-2-4-9-21/h2-16,30H,1H3,(H,28,31). The molecule has 0 aliphatic carbocycles. The summed E-state index contributed by atoms with van der Waals surface area (Å²) in [4.78, 5) is 28.8. The van der Waals surface area contributed by atoms with Crippen LogP contribution in [0.15, 0.2) is 89.9 Å². The van der Waals surface area contributed by atoms with Gasteiger partial charge in [-0.1, -0.05) is 42.5 Å². The number of fused-ring (bicyclic) bond motifs is 1. The number of amides is 1. The molecule has 2 N–H and O–H groups in total. The largest absolute Gasteiger partial charge is 0.506 e. The number of carbonyl (C=O) groups is 2. The number of para-hydroxylation sites is 1. The van der Waals surface area contributed by atoms with Gasteiger partial charge in [-0.25, -0.2) is 0 Å². The van der Waals surface area contributed by atoms with Gasteiger partial charge in [0.25, 0.3) is 5.91 Å². The van der Waals surface area contributed by atoms with E-state index in [0.717, 1.165) is 10.8 Å². The number of benzene rings is 4. The van der Waals surface area contributed by atoms with Crippen LogP contribution in [0.2, 0.25) is 0 Å². The molecule has 0 aliphatic rings. The Kier molecular flexibility index (Phi) is 5.58. The van der Waals surface area contributed by atoms with Crippen LogP contribution in [0.3, 0.4) is 0 Å². The van der Waals surface area contributed by atoms with Gasteiger partial charge in [0.2, 0.25) is 0 Å². The summed E-state index contributed by atoms with van der Waals surface area (Å²) >= 11 is 0. The number of Topliss-reactive ketones (excluding diaryl/α,β-unsaturated/α-hetero) is 1. The van der Waals surface area contributed by atoms with E-state index in [9.17, 15) is 14.7 Å². The van der Waals surface area contributed by atoms with E-state index in [2.05, 4.69) is 10.3 Å². The van der Waals surface area contributed by atoms with Gasteiger partial charge in [-0.05, 0) is 60.2 Å². The molecule has 0 saturated carbocycles. The van der Waals surface area contributed by atoms with Crippen molar-refractivity contribution < 1.29 is 14.7 Å². The third kappa shape index (κ3) is 4.36. The predicted molar refractivity (Wildman–Crippen MR) is 124 cm³/mol. The van der Waals surface area contributed by atoms with E-state index in [1.807, 2.05) is 42.5 Å². The Labute approximate surface area is 179 Å². The van der Waals surface area contributed by atoms with Crippen molar-refractivity contribution in [3.8, 4) is 5.75 Å². The first kappa shape index (κ1) is 20.0. The van der Waals surface area contributed by atoms with E-state index >= 15 is 0 Å². The SMILES string of the molecule is CC(=O)c1ccc(N=Cc2c(O)c(C(=O)Nc3ccccc3)cc3ccccc23)cc1. The molecule has 0 atom stereocenters. The maximum absolute atomic E-state index is 12.9. The van der Waals surface area contributed by atoms with Crippen LogP contribution in [0.4, 0.5) is 11.4 Å². The molecule has 0 spiro atoms. The average molecular weight is 408 g/mol. The van der Waals surface area contributed by atoms with Crippen LogP contribution in [0.5, 0.6) is 5.75 Å². The minimum absolute atomic E-state index is 0.0173. The third-order valence-corrected chi connectivity index (χ3v) is 4.95. The van der Waals surface area contributed by atoms with E-state index in [1.54, 1.807) is 48.7 Å². The topological polar surface area (TPSA) is 78.8 Å². The first-order chi connectivity index (χ1) is 15.0. The second-order valence-electron chi connectivity index (χ2n) is 7.09. The van der Waals surface area contributed by atoms with Gasteiger partial charge in [0, 0.05) is 23.0 Å². The number of aromatic hydroxyl groups is 1. The molecule has 4 rings (SSSR count). The fourth-order valence-corrected chi connectivity index (χ4v) is 3.31. The number of phenols is 1. The van der Waals surface area contributed by atoms with Gasteiger partial charge in [0.05, 0.1) is 11.3 Å². The monoisotopic (exact) mass is 408 g/mol. The number of rotatable bonds is 5. The van der Waals surface area contributed by atoms with Crippen LogP contribution in [0.25, 0.3) is 10.8 Å². The number of aliphatic imine (C=N–C) groups is 1. The number of hydrogen-bond acceptors (Lipinski definition) is 4. The van der Waals surface area contributed by atoms with Gasteiger partial charge in [-0.15, -0.1) is 0 Å². The fraction of sp³-hybridized carbons (Fsp3) is 0.0385. The Bertz CT molecular complexity index is 1290. The summed E-state index contributed by atoms with van der Waals surface area (Å²) in [5.74, 6) is -0.567. The highest BCUT2D eigenvalue weighted by molar-refractivity contribution is 6.13. The van der Waals surface area contributed by atoms with Crippen LogP contribution in [-0.2, 0) is 0 Å². The van der Waals surface area contributed by atoms with Gasteiger partial charge in [0.15, 0.2) is 5.78 Å². The van der Waals surface area contributed by atoms with Crippen LogP contribution in [-0.4, -0.2) is 23.0 Å². The number of nitrogens with one attached hydrogen (secondary N) is 1. The van der Waals surface area contributed by atoms with E-state index < -0.39 is 5.91 Å². The number of anilines is 1. The predicted octanol–water partition coefficient (Wildman–Crippen LogP) is 5.75. The molecule has 0 aromatic heterocycles. The second kappa shape index (κ2) is 8.63. The van der Waals surface area contributed by atoms with Crippen LogP contribution in [0.1, 0.15) is 33.2 Å². The molecule has 0 aliphatic heterocycles. The zero-order valence-corrected chi connectivity index (χ0v) is 16.9. The lowest BCUT2D eigenvalue weighted by Crippen LogP contribution is -2.12. The molecule has 0 radical (unpaired) electrons. The number of nitrogens with zero attached hydrogens (tertiary/aromatic N) is 1. The van der Waals surface area contributed by atoms with Crippen molar-refractivity contribution in [1.29, 1.82) is 0 Å². The van der Waals surface area contributed by atoms with E-state index in [0.29, 0.717) is 22.5 Å². The fourth-order valence-electron chi connectivity index (χ4n) is 3.31. The lowest BCUT2D eigenvalue weighted by Gasteiger charge is -2.12. The normalized spacial score (nSPS) is 11.0. The van der Waals surface area contributed by atoms with Gasteiger partial charge < -0.3 is 10.4 Å². The molecule has 31 heavy (non-hydrogen) atoms. The van der Waals surface area contributed by atoms with Gasteiger partial charge in [-0.3, -0.25) is 14.6 Å². The number of hydrogen-bond donors (Lipinski definition) is 2. The summed E-state index contributed by atoms with van der Waals surface area (Å²) in [5.41, 5.74) is 2.49. The second-order valence-corrected chi connectivity index (χ2v) is 7.09. The lowest BCUT2D eigenvalue weighted by molar-refractivity contribution is 0.101. The molecule has 0 fully saturated rings. The maximum Gasteiger partial charge on any atom is 0.259 e. The highest BCUT2D eigenvalue weighted by Crippen LogP contribution is 2.31. The highest BCUT2D eigenvalue weighted by Gasteiger charge is 2.17. The molecular formula is C26H20N2O3. The van der Waals surface area contributed by atoms with Gasteiger partial charge in [-0.2, -0.15) is 0 Å². The molecule has 1 amide bonds. The maximum atomic E-state index is 12.9. The van der Waals surface area contributed by atoms with Crippen LogP contribution in [0, 0.1) is 0 Å². The summed E-state index contributed by atoms with van der Waals surface area (Å²) in [6.07, 6.45) is 1.54. The Morgan fingerprint density at radius 3 is 2.29 bits per heavy atom. The molecular weight excluding hydrogens is 388 g/mol. The first-order valence-electron chi connectivity index (χ1n) is 9.79. The van der Waals surface area contributed by atoms with Crippen LogP contribution >= 0.6 is 0 Å². The summed E-state index contributed by atoms with van der Waals surface area (Å²) < 4.78 is 0. The zero-order chi connectivity index (χ0) is 21.8. The zero-order valence-electron chi connectivity index (χ0n) is 16.9. The van der Waals surface area contributed by atoms with Gasteiger partial charge in [0.1, 0.15) is 5.75 Å². The molecule has 0 bridgehead atoms. The molecule has 4 aromatic carbocycles. The number of carbonyl (C=O) groups excluding carboxylic acids is 2. The summed E-state index contributed by atoms with van der Waals surface area (Å²) in [7, 11) is 0. The van der Waals surface area contributed by atoms with Crippen molar-refractivity contribution in [2.45, 2.75) is 6.92 Å². The Balaban J connectivity index is 1.74. The first-order valence-corrected chi connectivity index (χ1v) is 9.79. The molecule has 152 valence electrons. The van der Waals surface area contributed by atoms with Gasteiger partial charge >= 0.3 is 0 Å². The minimum atomic E-state index is -0.407. The smallest absolute Gasteiger partial charge is 0.259 e. The van der Waals surface area contributed by atoms with Crippen LogP contribution < -0.4 is 5.32 Å². The molecule has 4 aromatic rings. The van der Waals surface area contributed by atoms with Crippen molar-refractivity contribution >= 4 is 40.1 Å². The van der Waals surface area contributed by atoms with Crippen molar-refractivity contribution in [3.05, 3.63) is 102 Å². The molecule has 5 nitrogen and oxygen atoms in total. The molecule has 5 heteroatoms. The summed E-state index contributed by atoms with van der Waals surface area (Å²) in [6, 6.07) is 25.1. The van der Waals surface area contributed by atoms with E-state index in [-0.39, 0.29) is 17.1 Å². The Morgan fingerprint density at radius 1 is 0.903 bits per heavy atom. The highest BCUT2D eigenvalue weighted by atomic mass is 16.3. The van der Waals surface area contributed by atoms with E-state index in [4.69, 9.17) is 0 Å². The Morgan fingerprint density at radius 2 is 1.58 bits per heavy atom. The minimum Gasteiger partial charge on any atom is -0.506 e. The molecule has 0 heterocycles. The van der Waals surface area contributed by atoms with Crippen molar-refractivity contribution in [3.63, 3.8) is 0 Å². The molecule has 0 saturated heterocycles. The van der Waals surface area contributed by atoms with E-state index in [1.165, 1.54) is 6.92 Å². The average Bonchev–Trinajstić information content (AvgIpc) is 2.79. The summed E-state index contributed by atoms with van der Waals surface area (Å²) in [5, 5.41) is 15.3. The number of phenolic OH excluding ortho intramolecular Hbond substituents is 1. The Hall–Kier alpha value is -4.25. The van der Waals surface area contributed by atoms with Crippen molar-refractivity contribution in [2.75, 3.05) is 5.32 Å². The molecule has 0 unspecified atom stereocenters. The van der Waals surface area contributed by atoms with Crippen molar-refractivity contribution in [1.82, 2.24) is 0 Å². The third-order valence-electron chi connectivity index (χ3n) is 4.95. The quantitative estimate of drug-likeness (QED) is 0.326. The summed E-state index contributed by atoms with van der Waals surface area (Å²) in [6.45, 7) is 1.51. The van der Waals surface area contributed by atoms with Crippen molar-refractivity contribution in [2.24, 2.45) is 4.99 Å².